The number of nitrogens with two attached hydrogens (primary N) is 1. The molecule has 0 radical (unpaired) electrons. The minimum absolute atomic E-state index is 0. The molecule has 1 aromatic rings. The fourth-order valence-electron chi connectivity index (χ4n) is 1.23. The van der Waals surface area contributed by atoms with Crippen molar-refractivity contribution in [2.75, 3.05) is 13.1 Å². The molecule has 98 valence electrons. The van der Waals surface area contributed by atoms with Gasteiger partial charge in [-0.1, -0.05) is 13.8 Å². The summed E-state index contributed by atoms with van der Waals surface area (Å²) in [6, 6.07) is 0. The van der Waals surface area contributed by atoms with E-state index in [-0.39, 0.29) is 24.0 Å². The molecule has 0 saturated carbocycles. The zero-order chi connectivity index (χ0) is 11.8. The Labute approximate surface area is 120 Å². The van der Waals surface area contributed by atoms with Gasteiger partial charge in [0, 0.05) is 32.0 Å². The first-order chi connectivity index (χ1) is 7.68. The Morgan fingerprint density at radius 3 is 2.88 bits per heavy atom. The second-order valence-electron chi connectivity index (χ2n) is 4.18. The zero-order valence-electron chi connectivity index (χ0n) is 10.5. The standard InChI is InChI=1S/C11H21N5.HI/c1-10(2)3-4-14-11(12)15-6-8-16-7-5-13-9-16;/h5,7,9-10H,3-4,6,8H2,1-2H3,(H3,12,14,15);1H. The van der Waals surface area contributed by atoms with Gasteiger partial charge in [0.15, 0.2) is 5.96 Å². The van der Waals surface area contributed by atoms with E-state index in [4.69, 9.17) is 5.73 Å². The van der Waals surface area contributed by atoms with Gasteiger partial charge in [-0.2, -0.15) is 0 Å². The predicted molar refractivity (Wildman–Crippen MR) is 81.6 cm³/mol. The van der Waals surface area contributed by atoms with Gasteiger partial charge < -0.3 is 15.6 Å². The number of nitrogens with one attached hydrogen (secondary N) is 1. The van der Waals surface area contributed by atoms with Crippen LogP contribution in [0.4, 0.5) is 0 Å². The summed E-state index contributed by atoms with van der Waals surface area (Å²) in [4.78, 5) is 8.20. The van der Waals surface area contributed by atoms with E-state index in [9.17, 15) is 0 Å². The van der Waals surface area contributed by atoms with Gasteiger partial charge in [-0.05, 0) is 12.3 Å². The molecule has 1 heterocycles. The summed E-state index contributed by atoms with van der Waals surface area (Å²) in [6.45, 7) is 6.77. The van der Waals surface area contributed by atoms with E-state index < -0.39 is 0 Å². The molecule has 6 heteroatoms. The van der Waals surface area contributed by atoms with Crippen molar-refractivity contribution in [2.45, 2.75) is 26.8 Å². The second kappa shape index (κ2) is 9.26. The molecule has 0 aliphatic heterocycles. The van der Waals surface area contributed by atoms with Crippen molar-refractivity contribution < 1.29 is 0 Å². The van der Waals surface area contributed by atoms with E-state index in [1.54, 1.807) is 12.5 Å². The average Bonchev–Trinajstić information content (AvgIpc) is 2.70. The number of rotatable bonds is 6. The third-order valence-corrected chi connectivity index (χ3v) is 2.22. The molecule has 0 aliphatic carbocycles. The Morgan fingerprint density at radius 1 is 1.53 bits per heavy atom. The van der Waals surface area contributed by atoms with Crippen LogP contribution in [-0.2, 0) is 6.54 Å². The van der Waals surface area contributed by atoms with Gasteiger partial charge in [0.25, 0.3) is 0 Å². The summed E-state index contributed by atoms with van der Waals surface area (Å²) in [6.07, 6.45) is 6.55. The Morgan fingerprint density at radius 2 is 2.29 bits per heavy atom. The number of hydrogen-bond acceptors (Lipinski definition) is 2. The van der Waals surface area contributed by atoms with Gasteiger partial charge in [-0.15, -0.1) is 24.0 Å². The lowest BCUT2D eigenvalue weighted by molar-refractivity contribution is 0.594. The Balaban J connectivity index is 0.00000256. The van der Waals surface area contributed by atoms with Crippen LogP contribution in [0, 0.1) is 5.92 Å². The highest BCUT2D eigenvalue weighted by molar-refractivity contribution is 14.0. The first-order valence-electron chi connectivity index (χ1n) is 5.68. The summed E-state index contributed by atoms with van der Waals surface area (Å²) in [5.74, 6) is 1.20. The van der Waals surface area contributed by atoms with Crippen molar-refractivity contribution in [3.8, 4) is 0 Å². The third-order valence-electron chi connectivity index (χ3n) is 2.22. The molecule has 0 saturated heterocycles. The molecule has 1 rings (SSSR count). The molecule has 5 nitrogen and oxygen atoms in total. The number of guanidine groups is 1. The molecule has 0 unspecified atom stereocenters. The first-order valence-corrected chi connectivity index (χ1v) is 5.68. The topological polar surface area (TPSA) is 68.2 Å². The lowest BCUT2D eigenvalue weighted by Crippen LogP contribution is -2.34. The van der Waals surface area contributed by atoms with Crippen molar-refractivity contribution in [3.05, 3.63) is 18.7 Å². The van der Waals surface area contributed by atoms with Crippen molar-refractivity contribution in [2.24, 2.45) is 16.6 Å². The van der Waals surface area contributed by atoms with Crippen LogP contribution in [0.3, 0.4) is 0 Å². The summed E-state index contributed by atoms with van der Waals surface area (Å²) in [5, 5.41) is 3.07. The maximum Gasteiger partial charge on any atom is 0.188 e. The summed E-state index contributed by atoms with van der Waals surface area (Å²) < 4.78 is 1.99. The second-order valence-corrected chi connectivity index (χ2v) is 4.18. The number of halogens is 1. The van der Waals surface area contributed by atoms with Gasteiger partial charge in [0.05, 0.1) is 6.33 Å². The Hall–Kier alpha value is -0.790. The highest BCUT2D eigenvalue weighted by atomic mass is 127. The van der Waals surface area contributed by atoms with E-state index in [1.807, 2.05) is 10.8 Å². The van der Waals surface area contributed by atoms with Crippen LogP contribution in [0.2, 0.25) is 0 Å². The van der Waals surface area contributed by atoms with Crippen molar-refractivity contribution >= 4 is 29.9 Å². The van der Waals surface area contributed by atoms with E-state index in [1.165, 1.54) is 0 Å². The van der Waals surface area contributed by atoms with Crippen LogP contribution in [0.15, 0.2) is 23.7 Å². The number of aliphatic imine (C=N–C) groups is 1. The largest absolute Gasteiger partial charge is 0.370 e. The molecule has 17 heavy (non-hydrogen) atoms. The van der Waals surface area contributed by atoms with Crippen LogP contribution >= 0.6 is 24.0 Å². The van der Waals surface area contributed by atoms with Crippen LogP contribution in [0.5, 0.6) is 0 Å². The third kappa shape index (κ3) is 8.00. The first kappa shape index (κ1) is 16.2. The molecule has 0 aromatic carbocycles. The number of aromatic nitrogens is 2. The minimum Gasteiger partial charge on any atom is -0.370 e. The number of nitrogens with zero attached hydrogens (tertiary/aromatic N) is 3. The Kier molecular flexibility index (Phi) is 8.83. The predicted octanol–water partition coefficient (Wildman–Crippen LogP) is 1.45. The molecular weight excluding hydrogens is 329 g/mol. The van der Waals surface area contributed by atoms with Crippen molar-refractivity contribution in [3.63, 3.8) is 0 Å². The molecule has 0 spiro atoms. The molecule has 0 fully saturated rings. The molecule has 0 bridgehead atoms. The monoisotopic (exact) mass is 351 g/mol. The zero-order valence-corrected chi connectivity index (χ0v) is 12.8. The summed E-state index contributed by atoms with van der Waals surface area (Å²) in [7, 11) is 0. The maximum absolute atomic E-state index is 5.71. The van der Waals surface area contributed by atoms with E-state index in [0.29, 0.717) is 11.9 Å². The average molecular weight is 351 g/mol. The fraction of sp³-hybridized carbons (Fsp3) is 0.636. The highest BCUT2D eigenvalue weighted by Gasteiger charge is 1.94. The SMILES string of the molecule is CC(C)CCN=C(N)NCCn1ccnc1.I. The molecule has 1 aromatic heterocycles. The van der Waals surface area contributed by atoms with Gasteiger partial charge in [-0.3, -0.25) is 4.99 Å². The molecule has 0 amide bonds. The lowest BCUT2D eigenvalue weighted by atomic mass is 10.1. The molecular formula is C11H22IN5. The van der Waals surface area contributed by atoms with Gasteiger partial charge in [0.2, 0.25) is 0 Å². The lowest BCUT2D eigenvalue weighted by Gasteiger charge is -2.06. The normalized spacial score (nSPS) is 11.4. The van der Waals surface area contributed by atoms with Gasteiger partial charge in [0.1, 0.15) is 0 Å². The molecule has 0 atom stereocenters. The summed E-state index contributed by atoms with van der Waals surface area (Å²) in [5.41, 5.74) is 5.71. The van der Waals surface area contributed by atoms with Gasteiger partial charge >= 0.3 is 0 Å². The van der Waals surface area contributed by atoms with Crippen LogP contribution < -0.4 is 11.1 Å². The molecule has 3 N–H and O–H groups in total. The number of hydrogen-bond donors (Lipinski definition) is 2. The number of imidazole rings is 1. The summed E-state index contributed by atoms with van der Waals surface area (Å²) >= 11 is 0. The van der Waals surface area contributed by atoms with Crippen LogP contribution in [0.1, 0.15) is 20.3 Å². The smallest absolute Gasteiger partial charge is 0.188 e. The van der Waals surface area contributed by atoms with Crippen LogP contribution in [-0.4, -0.2) is 28.6 Å². The van der Waals surface area contributed by atoms with E-state index >= 15 is 0 Å². The quantitative estimate of drug-likeness (QED) is 0.463. The van der Waals surface area contributed by atoms with Crippen molar-refractivity contribution in [1.82, 2.24) is 14.9 Å². The van der Waals surface area contributed by atoms with E-state index in [2.05, 4.69) is 29.1 Å². The highest BCUT2D eigenvalue weighted by Crippen LogP contribution is 1.97. The fourth-order valence-corrected chi connectivity index (χ4v) is 1.23. The van der Waals surface area contributed by atoms with Crippen molar-refractivity contribution in [1.29, 1.82) is 0 Å². The maximum atomic E-state index is 5.71. The van der Waals surface area contributed by atoms with Crippen LogP contribution in [0.25, 0.3) is 0 Å². The van der Waals surface area contributed by atoms with Gasteiger partial charge in [-0.25, -0.2) is 4.98 Å². The van der Waals surface area contributed by atoms with E-state index in [0.717, 1.165) is 26.1 Å². The Bertz CT molecular complexity index is 308. The minimum atomic E-state index is 0. The molecule has 0 aliphatic rings.